The van der Waals surface area contributed by atoms with Gasteiger partial charge >= 0.3 is 0 Å². The zero-order chi connectivity index (χ0) is 19.2. The quantitative estimate of drug-likeness (QED) is 0.817. The lowest BCUT2D eigenvalue weighted by Gasteiger charge is -2.25. The van der Waals surface area contributed by atoms with Crippen molar-refractivity contribution in [3.05, 3.63) is 42.0 Å². The maximum atomic E-state index is 12.6. The molecule has 2 aromatic rings. The topological polar surface area (TPSA) is 100 Å². The summed E-state index contributed by atoms with van der Waals surface area (Å²) in [6.45, 7) is 1.47. The van der Waals surface area contributed by atoms with E-state index in [1.165, 1.54) is 22.7 Å². The van der Waals surface area contributed by atoms with Crippen LogP contribution in [0.3, 0.4) is 0 Å². The van der Waals surface area contributed by atoms with E-state index in [-0.39, 0.29) is 23.6 Å². The molecule has 144 valence electrons. The number of carbonyl (C=O) groups is 1. The number of para-hydroxylation sites is 1. The van der Waals surface area contributed by atoms with E-state index in [4.69, 9.17) is 0 Å². The lowest BCUT2D eigenvalue weighted by atomic mass is 9.89. The average molecular weight is 390 g/mol. The number of amides is 1. The van der Waals surface area contributed by atoms with E-state index < -0.39 is 10.2 Å². The molecule has 2 unspecified atom stereocenters. The van der Waals surface area contributed by atoms with Crippen molar-refractivity contribution in [1.29, 1.82) is 0 Å². The molecule has 1 fully saturated rings. The van der Waals surface area contributed by atoms with Crippen LogP contribution < -0.4 is 5.32 Å². The third-order valence-electron chi connectivity index (χ3n) is 5.25. The second-order valence-corrected chi connectivity index (χ2v) is 9.34. The smallest absolute Gasteiger partial charge is 0.293 e. The minimum atomic E-state index is -3.43. The van der Waals surface area contributed by atoms with E-state index >= 15 is 0 Å². The maximum Gasteiger partial charge on any atom is 0.293 e. The van der Waals surface area contributed by atoms with Gasteiger partial charge in [-0.05, 0) is 24.0 Å². The Bertz CT molecular complexity index is 956. The molecule has 0 saturated carbocycles. The van der Waals surface area contributed by atoms with E-state index in [0.717, 1.165) is 5.82 Å². The molecule has 3 heterocycles. The van der Waals surface area contributed by atoms with Gasteiger partial charge in [-0.1, -0.05) is 18.2 Å². The molecule has 27 heavy (non-hydrogen) atoms. The van der Waals surface area contributed by atoms with Crippen LogP contribution in [0, 0.1) is 11.8 Å². The van der Waals surface area contributed by atoms with Gasteiger partial charge in [0.05, 0.1) is 0 Å². The molecule has 1 amide bonds. The Morgan fingerprint density at radius 2 is 1.81 bits per heavy atom. The zero-order valence-electron chi connectivity index (χ0n) is 15.2. The van der Waals surface area contributed by atoms with Gasteiger partial charge in [0.2, 0.25) is 5.82 Å². The van der Waals surface area contributed by atoms with Crippen LogP contribution in [-0.2, 0) is 23.2 Å². The maximum absolute atomic E-state index is 12.6. The van der Waals surface area contributed by atoms with Crippen molar-refractivity contribution in [2.24, 2.45) is 11.8 Å². The number of hydrogen-bond donors (Lipinski definition) is 1. The summed E-state index contributed by atoms with van der Waals surface area (Å²) in [5.41, 5.74) is 0.692. The van der Waals surface area contributed by atoms with Crippen molar-refractivity contribution in [3.8, 4) is 0 Å². The van der Waals surface area contributed by atoms with Gasteiger partial charge in [0, 0.05) is 45.8 Å². The van der Waals surface area contributed by atoms with Crippen molar-refractivity contribution in [3.63, 3.8) is 0 Å². The predicted octanol–water partition coefficient (Wildman–Crippen LogP) is 0.441. The van der Waals surface area contributed by atoms with Crippen molar-refractivity contribution in [1.82, 2.24) is 23.4 Å². The molecule has 1 N–H and O–H groups in total. The number of nitrogens with one attached hydrogen (secondary N) is 1. The molecule has 0 aliphatic carbocycles. The van der Waals surface area contributed by atoms with E-state index in [1.54, 1.807) is 0 Å². The van der Waals surface area contributed by atoms with Crippen LogP contribution in [0.15, 0.2) is 30.3 Å². The summed E-state index contributed by atoms with van der Waals surface area (Å²) in [5, 5.41) is 11.1. The third kappa shape index (κ3) is 3.24. The highest BCUT2D eigenvalue weighted by molar-refractivity contribution is 7.86. The first kappa shape index (κ1) is 18.1. The molecule has 1 aromatic carbocycles. The summed E-state index contributed by atoms with van der Waals surface area (Å²) in [7, 11) is -0.350. The molecule has 0 spiro atoms. The number of rotatable bonds is 4. The van der Waals surface area contributed by atoms with Crippen LogP contribution in [0.5, 0.6) is 0 Å². The molecular formula is C17H22N6O3S. The van der Waals surface area contributed by atoms with Gasteiger partial charge in [0.1, 0.15) is 5.82 Å². The standard InChI is InChI=1S/C17H22N6O3S/c1-21(2)27(25,26)22-9-12-8-15-19-20-16(23(15)11-13(12)10-22)17(24)18-14-6-4-3-5-7-14/h3-7,12-13H,8-11H2,1-2H3,(H,18,24). The van der Waals surface area contributed by atoms with Crippen molar-refractivity contribution >= 4 is 21.8 Å². The average Bonchev–Trinajstić information content (AvgIpc) is 3.24. The largest absolute Gasteiger partial charge is 0.319 e. The number of carbonyl (C=O) groups excluding carboxylic acids is 1. The second-order valence-electron chi connectivity index (χ2n) is 7.20. The first-order valence-corrected chi connectivity index (χ1v) is 10.2. The molecule has 4 rings (SSSR count). The van der Waals surface area contributed by atoms with Crippen LogP contribution >= 0.6 is 0 Å². The Morgan fingerprint density at radius 3 is 2.52 bits per heavy atom. The number of anilines is 1. The van der Waals surface area contributed by atoms with Gasteiger partial charge in [0.25, 0.3) is 16.1 Å². The Kier molecular flexibility index (Phi) is 4.49. The highest BCUT2D eigenvalue weighted by atomic mass is 32.2. The van der Waals surface area contributed by atoms with Gasteiger partial charge in [-0.15, -0.1) is 10.2 Å². The van der Waals surface area contributed by atoms with Gasteiger partial charge in [-0.25, -0.2) is 0 Å². The van der Waals surface area contributed by atoms with E-state index in [1.807, 2.05) is 34.9 Å². The summed E-state index contributed by atoms with van der Waals surface area (Å²) < 4.78 is 29.4. The fourth-order valence-electron chi connectivity index (χ4n) is 3.78. The molecular weight excluding hydrogens is 368 g/mol. The van der Waals surface area contributed by atoms with Crippen LogP contribution in [0.4, 0.5) is 5.69 Å². The summed E-state index contributed by atoms with van der Waals surface area (Å²) >= 11 is 0. The van der Waals surface area contributed by atoms with Crippen molar-refractivity contribution < 1.29 is 13.2 Å². The highest BCUT2D eigenvalue weighted by Crippen LogP contribution is 2.34. The SMILES string of the molecule is CN(C)S(=O)(=O)N1CC2Cc3nnc(C(=O)Nc4ccccc4)n3CC2C1. The molecule has 0 bridgehead atoms. The third-order valence-corrected chi connectivity index (χ3v) is 7.13. The summed E-state index contributed by atoms with van der Waals surface area (Å²) in [4.78, 5) is 12.6. The van der Waals surface area contributed by atoms with Crippen molar-refractivity contribution in [2.75, 3.05) is 32.5 Å². The molecule has 10 heteroatoms. The molecule has 2 aliphatic rings. The van der Waals surface area contributed by atoms with Crippen LogP contribution in [0.25, 0.3) is 0 Å². The minimum Gasteiger partial charge on any atom is -0.319 e. The summed E-state index contributed by atoms with van der Waals surface area (Å²) in [6, 6.07) is 9.18. The molecule has 0 radical (unpaired) electrons. The summed E-state index contributed by atoms with van der Waals surface area (Å²) in [5.74, 6) is 1.03. The lowest BCUT2D eigenvalue weighted by Crippen LogP contribution is -2.38. The molecule has 9 nitrogen and oxygen atoms in total. The van der Waals surface area contributed by atoms with Crippen LogP contribution in [0.2, 0.25) is 0 Å². The van der Waals surface area contributed by atoms with Gasteiger partial charge < -0.3 is 9.88 Å². The number of hydrogen-bond acceptors (Lipinski definition) is 5. The fraction of sp³-hybridized carbons (Fsp3) is 0.471. The van der Waals surface area contributed by atoms with Crippen LogP contribution in [-0.4, -0.2) is 64.9 Å². The predicted molar refractivity (Wildman–Crippen MR) is 99.3 cm³/mol. The van der Waals surface area contributed by atoms with Crippen LogP contribution in [0.1, 0.15) is 16.4 Å². The Balaban J connectivity index is 1.52. The zero-order valence-corrected chi connectivity index (χ0v) is 16.1. The van der Waals surface area contributed by atoms with Gasteiger partial charge in [-0.2, -0.15) is 17.0 Å². The van der Waals surface area contributed by atoms with Gasteiger partial charge in [-0.3, -0.25) is 4.79 Å². The number of benzene rings is 1. The molecule has 2 aliphatic heterocycles. The normalized spacial score (nSPS) is 22.5. The van der Waals surface area contributed by atoms with E-state index in [0.29, 0.717) is 31.7 Å². The van der Waals surface area contributed by atoms with Gasteiger partial charge in [0.15, 0.2) is 0 Å². The Hall–Kier alpha value is -2.30. The fourth-order valence-corrected chi connectivity index (χ4v) is 5.00. The van der Waals surface area contributed by atoms with Crippen molar-refractivity contribution in [2.45, 2.75) is 13.0 Å². The highest BCUT2D eigenvalue weighted by Gasteiger charge is 2.43. The Morgan fingerprint density at radius 1 is 1.11 bits per heavy atom. The number of aromatic nitrogens is 3. The summed E-state index contributed by atoms with van der Waals surface area (Å²) in [6.07, 6.45) is 0.621. The first-order valence-electron chi connectivity index (χ1n) is 8.82. The molecule has 1 aromatic heterocycles. The van der Waals surface area contributed by atoms with E-state index in [2.05, 4.69) is 15.5 Å². The number of nitrogens with zero attached hydrogens (tertiary/aromatic N) is 5. The minimum absolute atomic E-state index is 0.145. The van der Waals surface area contributed by atoms with E-state index in [9.17, 15) is 13.2 Å². The second kappa shape index (κ2) is 6.70. The lowest BCUT2D eigenvalue weighted by molar-refractivity contribution is 0.100. The molecule has 2 atom stereocenters. The first-order chi connectivity index (χ1) is 12.9. The number of fused-ring (bicyclic) bond motifs is 2. The Labute approximate surface area is 158 Å². The monoisotopic (exact) mass is 390 g/mol. The molecule has 1 saturated heterocycles.